The van der Waals surface area contributed by atoms with Crippen LogP contribution in [0.2, 0.25) is 5.02 Å². The number of thioether (sulfide) groups is 1. The predicted molar refractivity (Wildman–Crippen MR) is 121 cm³/mol. The summed E-state index contributed by atoms with van der Waals surface area (Å²) in [5.74, 6) is 0.181. The number of carbonyl (C=O) groups excluding carboxylic acids is 2. The number of amides is 2. The molecule has 156 valence electrons. The first-order chi connectivity index (χ1) is 14.0. The smallest absolute Gasteiger partial charge is 0.242 e. The van der Waals surface area contributed by atoms with Crippen molar-refractivity contribution in [2.45, 2.75) is 44.0 Å². The van der Waals surface area contributed by atoms with Crippen molar-refractivity contribution in [1.29, 1.82) is 0 Å². The van der Waals surface area contributed by atoms with E-state index in [1.807, 2.05) is 68.4 Å². The predicted octanol–water partition coefficient (Wildman–Crippen LogP) is 4.81. The molecule has 2 amide bonds. The zero-order chi connectivity index (χ0) is 21.1. The lowest BCUT2D eigenvalue weighted by atomic mass is 10.1. The van der Waals surface area contributed by atoms with Gasteiger partial charge in [0, 0.05) is 23.0 Å². The molecule has 0 aliphatic rings. The number of benzene rings is 2. The van der Waals surface area contributed by atoms with E-state index in [0.717, 1.165) is 23.3 Å². The number of hydrogen-bond acceptors (Lipinski definition) is 3. The van der Waals surface area contributed by atoms with Gasteiger partial charge in [0.05, 0.1) is 5.75 Å². The molecule has 0 spiro atoms. The molecule has 0 heterocycles. The zero-order valence-electron chi connectivity index (χ0n) is 17.1. The van der Waals surface area contributed by atoms with Crippen LogP contribution in [0, 0.1) is 0 Å². The molecule has 1 N–H and O–H groups in total. The van der Waals surface area contributed by atoms with Gasteiger partial charge in [-0.15, -0.1) is 11.8 Å². The normalized spacial score (nSPS) is 11.7. The van der Waals surface area contributed by atoms with Gasteiger partial charge in [0.25, 0.3) is 0 Å². The van der Waals surface area contributed by atoms with Crippen LogP contribution in [0.15, 0.2) is 59.5 Å². The molecule has 2 aromatic rings. The molecule has 0 unspecified atom stereocenters. The molecule has 0 bridgehead atoms. The maximum Gasteiger partial charge on any atom is 0.242 e. The van der Waals surface area contributed by atoms with Crippen LogP contribution in [0.25, 0.3) is 0 Å². The Bertz CT molecular complexity index is 768. The Morgan fingerprint density at radius 3 is 2.38 bits per heavy atom. The summed E-state index contributed by atoms with van der Waals surface area (Å²) in [5.41, 5.74) is 1.15. The van der Waals surface area contributed by atoms with E-state index in [0.29, 0.717) is 24.5 Å². The number of halogens is 1. The highest BCUT2D eigenvalue weighted by Gasteiger charge is 2.27. The lowest BCUT2D eigenvalue weighted by Gasteiger charge is -2.30. The molecule has 0 radical (unpaired) electrons. The van der Waals surface area contributed by atoms with Gasteiger partial charge in [-0.25, -0.2) is 0 Å². The number of carbonyl (C=O) groups is 2. The SMILES string of the molecule is CCCNC(=O)[C@@H](CC)N(CCc1ccccc1)C(=O)CSc1ccc(Cl)cc1. The second-order valence-corrected chi connectivity index (χ2v) is 8.27. The first kappa shape index (κ1) is 23.3. The third kappa shape index (κ3) is 7.75. The Morgan fingerprint density at radius 2 is 1.76 bits per heavy atom. The highest BCUT2D eigenvalue weighted by molar-refractivity contribution is 8.00. The molecule has 0 aromatic heterocycles. The van der Waals surface area contributed by atoms with E-state index in [1.165, 1.54) is 11.8 Å². The minimum Gasteiger partial charge on any atom is -0.354 e. The third-order valence-corrected chi connectivity index (χ3v) is 5.84. The summed E-state index contributed by atoms with van der Waals surface area (Å²) in [5, 5.41) is 3.61. The summed E-state index contributed by atoms with van der Waals surface area (Å²) in [4.78, 5) is 28.5. The standard InChI is InChI=1S/C23H29ClN2O2S/c1-3-15-25-23(28)21(4-2)26(16-14-18-8-6-5-7-9-18)22(27)17-29-20-12-10-19(24)11-13-20/h5-13,21H,3-4,14-17H2,1-2H3,(H,25,28)/t21-/m1/s1. The van der Waals surface area contributed by atoms with Gasteiger partial charge in [0.2, 0.25) is 11.8 Å². The molecule has 1 atom stereocenters. The van der Waals surface area contributed by atoms with Crippen LogP contribution in [0.3, 0.4) is 0 Å². The van der Waals surface area contributed by atoms with Crippen molar-refractivity contribution in [2.75, 3.05) is 18.8 Å². The molecule has 2 aromatic carbocycles. The Hall–Kier alpha value is -1.98. The molecular formula is C23H29ClN2O2S. The number of nitrogens with one attached hydrogen (secondary N) is 1. The average molecular weight is 433 g/mol. The van der Waals surface area contributed by atoms with E-state index in [4.69, 9.17) is 11.6 Å². The largest absolute Gasteiger partial charge is 0.354 e. The van der Waals surface area contributed by atoms with Crippen LogP contribution in [-0.2, 0) is 16.0 Å². The van der Waals surface area contributed by atoms with Crippen LogP contribution >= 0.6 is 23.4 Å². The maximum atomic E-state index is 13.1. The molecule has 0 saturated heterocycles. The monoisotopic (exact) mass is 432 g/mol. The Labute approximate surface area is 183 Å². The highest BCUT2D eigenvalue weighted by Crippen LogP contribution is 2.21. The van der Waals surface area contributed by atoms with Gasteiger partial charge in [0.1, 0.15) is 6.04 Å². The Balaban J connectivity index is 2.09. The maximum absolute atomic E-state index is 13.1. The van der Waals surface area contributed by atoms with Crippen molar-refractivity contribution in [3.05, 3.63) is 65.2 Å². The van der Waals surface area contributed by atoms with Gasteiger partial charge in [-0.1, -0.05) is 55.8 Å². The van der Waals surface area contributed by atoms with Gasteiger partial charge in [-0.3, -0.25) is 9.59 Å². The third-order valence-electron chi connectivity index (χ3n) is 4.60. The fraction of sp³-hybridized carbons (Fsp3) is 0.391. The van der Waals surface area contributed by atoms with Crippen LogP contribution in [0.5, 0.6) is 0 Å². The van der Waals surface area contributed by atoms with Gasteiger partial charge in [-0.2, -0.15) is 0 Å². The van der Waals surface area contributed by atoms with E-state index >= 15 is 0 Å². The fourth-order valence-electron chi connectivity index (χ4n) is 3.02. The van der Waals surface area contributed by atoms with Crippen molar-refractivity contribution < 1.29 is 9.59 Å². The van der Waals surface area contributed by atoms with Crippen molar-refractivity contribution in [2.24, 2.45) is 0 Å². The Kier molecular flexibility index (Phi) is 10.1. The van der Waals surface area contributed by atoms with Crippen LogP contribution in [0.1, 0.15) is 32.3 Å². The summed E-state index contributed by atoms with van der Waals surface area (Å²) in [6.45, 7) is 5.10. The van der Waals surface area contributed by atoms with E-state index < -0.39 is 6.04 Å². The molecule has 0 fully saturated rings. The quantitative estimate of drug-likeness (QED) is 0.518. The van der Waals surface area contributed by atoms with Gasteiger partial charge >= 0.3 is 0 Å². The van der Waals surface area contributed by atoms with Gasteiger partial charge < -0.3 is 10.2 Å². The van der Waals surface area contributed by atoms with Gasteiger partial charge in [-0.05, 0) is 49.1 Å². The lowest BCUT2D eigenvalue weighted by Crippen LogP contribution is -2.50. The van der Waals surface area contributed by atoms with E-state index in [1.54, 1.807) is 4.90 Å². The minimum atomic E-state index is -0.455. The van der Waals surface area contributed by atoms with Crippen LogP contribution < -0.4 is 5.32 Å². The molecule has 0 aliphatic carbocycles. The van der Waals surface area contributed by atoms with Crippen molar-refractivity contribution in [3.8, 4) is 0 Å². The Morgan fingerprint density at radius 1 is 1.07 bits per heavy atom. The minimum absolute atomic E-state index is 0.0284. The molecule has 4 nitrogen and oxygen atoms in total. The summed E-state index contributed by atoms with van der Waals surface area (Å²) in [6.07, 6.45) is 2.17. The molecule has 6 heteroatoms. The first-order valence-electron chi connectivity index (χ1n) is 10.0. The van der Waals surface area contributed by atoms with Crippen molar-refractivity contribution in [1.82, 2.24) is 10.2 Å². The second kappa shape index (κ2) is 12.6. The molecule has 0 aliphatic heterocycles. The molecular weight excluding hydrogens is 404 g/mol. The van der Waals surface area contributed by atoms with Crippen molar-refractivity contribution >= 4 is 35.2 Å². The summed E-state index contributed by atoms with van der Waals surface area (Å²) in [6, 6.07) is 17.0. The fourth-order valence-corrected chi connectivity index (χ4v) is 3.93. The molecule has 0 saturated carbocycles. The average Bonchev–Trinajstić information content (AvgIpc) is 2.75. The molecule has 2 rings (SSSR count). The lowest BCUT2D eigenvalue weighted by molar-refractivity contribution is -0.138. The van der Waals surface area contributed by atoms with E-state index in [-0.39, 0.29) is 17.6 Å². The zero-order valence-corrected chi connectivity index (χ0v) is 18.6. The number of rotatable bonds is 11. The summed E-state index contributed by atoms with van der Waals surface area (Å²) < 4.78 is 0. The number of hydrogen-bond donors (Lipinski definition) is 1. The van der Waals surface area contributed by atoms with Gasteiger partial charge in [0.15, 0.2) is 0 Å². The van der Waals surface area contributed by atoms with Crippen LogP contribution in [-0.4, -0.2) is 41.6 Å². The topological polar surface area (TPSA) is 49.4 Å². The highest BCUT2D eigenvalue weighted by atomic mass is 35.5. The van der Waals surface area contributed by atoms with Crippen molar-refractivity contribution in [3.63, 3.8) is 0 Å². The number of nitrogens with zero attached hydrogens (tertiary/aromatic N) is 1. The first-order valence-corrected chi connectivity index (χ1v) is 11.4. The van der Waals surface area contributed by atoms with E-state index in [9.17, 15) is 9.59 Å². The summed E-state index contributed by atoms with van der Waals surface area (Å²) in [7, 11) is 0. The second-order valence-electron chi connectivity index (χ2n) is 6.78. The van der Waals surface area contributed by atoms with Crippen LogP contribution in [0.4, 0.5) is 0 Å². The summed E-state index contributed by atoms with van der Waals surface area (Å²) >= 11 is 7.40. The van der Waals surface area contributed by atoms with E-state index in [2.05, 4.69) is 5.32 Å². The molecule has 29 heavy (non-hydrogen) atoms.